The molecule has 0 bridgehead atoms. The van der Waals surface area contributed by atoms with Gasteiger partial charge in [-0.05, 0) is 25.7 Å². The van der Waals surface area contributed by atoms with E-state index in [1.807, 2.05) is 0 Å². The molecule has 0 aromatic carbocycles. The molecule has 0 saturated heterocycles. The normalized spacial score (nSPS) is 30.3. The average Bonchev–Trinajstić information content (AvgIpc) is 2.01. The lowest BCUT2D eigenvalue weighted by atomic mass is 9.88. The van der Waals surface area contributed by atoms with Gasteiger partial charge in [0.05, 0.1) is 11.2 Å². The molecule has 0 N–H and O–H groups in total. The minimum absolute atomic E-state index is 0.0543. The summed E-state index contributed by atoms with van der Waals surface area (Å²) in [7, 11) is -3.16. The quantitative estimate of drug-likeness (QED) is 0.691. The average molecular weight is 230 g/mol. The van der Waals surface area contributed by atoms with Gasteiger partial charge in [-0.2, -0.15) is 13.2 Å². The van der Waals surface area contributed by atoms with Gasteiger partial charge in [-0.25, -0.2) is 8.42 Å². The summed E-state index contributed by atoms with van der Waals surface area (Å²) in [5.74, 6) is -1.31. The third kappa shape index (κ3) is 2.87. The predicted octanol–water partition coefficient (Wildman–Crippen LogP) is 2.15. The summed E-state index contributed by atoms with van der Waals surface area (Å²) in [5.41, 5.74) is 0. The van der Waals surface area contributed by atoms with E-state index < -0.39 is 27.2 Å². The molecule has 1 rings (SSSR count). The molecule has 0 unspecified atom stereocenters. The fourth-order valence-electron chi connectivity index (χ4n) is 1.82. The molecule has 84 valence electrons. The van der Waals surface area contributed by atoms with Crippen molar-refractivity contribution >= 4 is 9.84 Å². The molecule has 0 aliphatic heterocycles. The highest BCUT2D eigenvalue weighted by atomic mass is 32.2. The molecule has 0 aromatic heterocycles. The second kappa shape index (κ2) is 3.72. The van der Waals surface area contributed by atoms with E-state index in [-0.39, 0.29) is 25.7 Å². The van der Waals surface area contributed by atoms with Crippen LogP contribution in [0.5, 0.6) is 0 Å². The lowest BCUT2D eigenvalue weighted by Gasteiger charge is -2.28. The fraction of sp³-hybridized carbons (Fsp3) is 1.00. The SMILES string of the molecule is CS(=O)(=O)C1CCC(C(F)(F)F)CC1. The Morgan fingerprint density at radius 2 is 1.50 bits per heavy atom. The van der Waals surface area contributed by atoms with Crippen LogP contribution in [0.25, 0.3) is 0 Å². The Morgan fingerprint density at radius 1 is 1.07 bits per heavy atom. The molecule has 0 amide bonds. The first-order valence-electron chi connectivity index (χ1n) is 4.47. The van der Waals surface area contributed by atoms with E-state index in [9.17, 15) is 21.6 Å². The molecule has 14 heavy (non-hydrogen) atoms. The van der Waals surface area contributed by atoms with E-state index in [0.717, 1.165) is 6.26 Å². The number of halogens is 3. The molecule has 1 aliphatic rings. The summed E-state index contributed by atoms with van der Waals surface area (Å²) in [6.07, 6.45) is -2.90. The van der Waals surface area contributed by atoms with E-state index >= 15 is 0 Å². The van der Waals surface area contributed by atoms with Gasteiger partial charge in [0.1, 0.15) is 9.84 Å². The monoisotopic (exact) mass is 230 g/mol. The Bertz CT molecular complexity index is 286. The van der Waals surface area contributed by atoms with Gasteiger partial charge in [0, 0.05) is 6.26 Å². The molecule has 1 aliphatic carbocycles. The second-order valence-corrected chi connectivity index (χ2v) is 6.17. The van der Waals surface area contributed by atoms with Crippen molar-refractivity contribution in [3.63, 3.8) is 0 Å². The smallest absolute Gasteiger partial charge is 0.229 e. The Balaban J connectivity index is 2.56. The third-order valence-corrected chi connectivity index (χ3v) is 4.43. The van der Waals surface area contributed by atoms with Crippen molar-refractivity contribution in [3.05, 3.63) is 0 Å². The van der Waals surface area contributed by atoms with Crippen LogP contribution in [0.2, 0.25) is 0 Å². The molecule has 0 atom stereocenters. The van der Waals surface area contributed by atoms with Crippen LogP contribution < -0.4 is 0 Å². The van der Waals surface area contributed by atoms with Crippen molar-refractivity contribution in [2.24, 2.45) is 5.92 Å². The molecule has 0 radical (unpaired) electrons. The molecular formula is C8H13F3O2S. The Kier molecular flexibility index (Phi) is 3.13. The van der Waals surface area contributed by atoms with Crippen LogP contribution in [0, 0.1) is 5.92 Å². The zero-order valence-electron chi connectivity index (χ0n) is 7.84. The van der Waals surface area contributed by atoms with Gasteiger partial charge < -0.3 is 0 Å². The summed E-state index contributed by atoms with van der Waals surface area (Å²) < 4.78 is 58.8. The maximum absolute atomic E-state index is 12.2. The van der Waals surface area contributed by atoms with Gasteiger partial charge in [-0.15, -0.1) is 0 Å². The number of hydrogen-bond acceptors (Lipinski definition) is 2. The van der Waals surface area contributed by atoms with Crippen LogP contribution in [0.3, 0.4) is 0 Å². The molecule has 1 fully saturated rings. The van der Waals surface area contributed by atoms with Gasteiger partial charge in [0.25, 0.3) is 0 Å². The largest absolute Gasteiger partial charge is 0.391 e. The first-order valence-corrected chi connectivity index (χ1v) is 6.42. The number of rotatable bonds is 1. The van der Waals surface area contributed by atoms with Crippen molar-refractivity contribution in [1.82, 2.24) is 0 Å². The van der Waals surface area contributed by atoms with E-state index in [4.69, 9.17) is 0 Å². The molecule has 1 saturated carbocycles. The standard InChI is InChI=1S/C8H13F3O2S/c1-14(12,13)7-4-2-6(3-5-7)8(9,10)11/h6-7H,2-5H2,1H3. The predicted molar refractivity (Wildman–Crippen MR) is 46.6 cm³/mol. The fourth-order valence-corrected chi connectivity index (χ4v) is 2.95. The maximum Gasteiger partial charge on any atom is 0.391 e. The van der Waals surface area contributed by atoms with E-state index in [0.29, 0.717) is 0 Å². The van der Waals surface area contributed by atoms with E-state index in [1.54, 1.807) is 0 Å². The first-order chi connectivity index (χ1) is 6.21. The molecule has 2 nitrogen and oxygen atoms in total. The van der Waals surface area contributed by atoms with E-state index in [2.05, 4.69) is 0 Å². The Morgan fingerprint density at radius 3 is 1.79 bits per heavy atom. The molecule has 6 heteroatoms. The summed E-state index contributed by atoms with van der Waals surface area (Å²) in [5, 5.41) is -0.568. The van der Waals surface area contributed by atoms with Crippen molar-refractivity contribution in [3.8, 4) is 0 Å². The number of alkyl halides is 3. The molecular weight excluding hydrogens is 217 g/mol. The lowest BCUT2D eigenvalue weighted by Crippen LogP contribution is -2.32. The summed E-state index contributed by atoms with van der Waals surface area (Å²) >= 11 is 0. The molecule has 0 aromatic rings. The minimum atomic E-state index is -4.16. The van der Waals surface area contributed by atoms with E-state index in [1.165, 1.54) is 0 Å². The molecule has 0 heterocycles. The van der Waals surface area contributed by atoms with Crippen LogP contribution in [0.15, 0.2) is 0 Å². The van der Waals surface area contributed by atoms with Gasteiger partial charge in [-0.1, -0.05) is 0 Å². The zero-order chi connectivity index (χ0) is 11.0. The van der Waals surface area contributed by atoms with Crippen molar-refractivity contribution in [1.29, 1.82) is 0 Å². The Labute approximate surface area is 81.4 Å². The van der Waals surface area contributed by atoms with Gasteiger partial charge >= 0.3 is 6.18 Å². The van der Waals surface area contributed by atoms with Crippen molar-refractivity contribution < 1.29 is 21.6 Å². The first kappa shape index (κ1) is 11.8. The highest BCUT2D eigenvalue weighted by Crippen LogP contribution is 2.38. The number of hydrogen-bond donors (Lipinski definition) is 0. The van der Waals surface area contributed by atoms with Crippen LogP contribution >= 0.6 is 0 Å². The van der Waals surface area contributed by atoms with Crippen LogP contribution in [-0.2, 0) is 9.84 Å². The van der Waals surface area contributed by atoms with Crippen molar-refractivity contribution in [2.45, 2.75) is 37.1 Å². The van der Waals surface area contributed by atoms with Gasteiger partial charge in [0.2, 0.25) is 0 Å². The van der Waals surface area contributed by atoms with Crippen LogP contribution in [0.1, 0.15) is 25.7 Å². The van der Waals surface area contributed by atoms with Crippen LogP contribution in [0.4, 0.5) is 13.2 Å². The summed E-state index contributed by atoms with van der Waals surface area (Å²) in [6, 6.07) is 0. The number of sulfone groups is 1. The van der Waals surface area contributed by atoms with Crippen molar-refractivity contribution in [2.75, 3.05) is 6.26 Å². The highest BCUT2D eigenvalue weighted by molar-refractivity contribution is 7.91. The third-order valence-electron chi connectivity index (χ3n) is 2.74. The Hall–Kier alpha value is -0.260. The zero-order valence-corrected chi connectivity index (χ0v) is 8.66. The minimum Gasteiger partial charge on any atom is -0.229 e. The topological polar surface area (TPSA) is 34.1 Å². The van der Waals surface area contributed by atoms with Gasteiger partial charge in [-0.3, -0.25) is 0 Å². The molecule has 0 spiro atoms. The summed E-state index contributed by atoms with van der Waals surface area (Å²) in [4.78, 5) is 0. The summed E-state index contributed by atoms with van der Waals surface area (Å²) in [6.45, 7) is 0. The maximum atomic E-state index is 12.2. The van der Waals surface area contributed by atoms with Gasteiger partial charge in [0.15, 0.2) is 0 Å². The second-order valence-electron chi connectivity index (χ2n) is 3.84. The lowest BCUT2D eigenvalue weighted by molar-refractivity contribution is -0.181. The highest BCUT2D eigenvalue weighted by Gasteiger charge is 2.42. The van der Waals surface area contributed by atoms with Crippen LogP contribution in [-0.4, -0.2) is 26.1 Å².